The number of fused-ring (bicyclic) bond motifs is 1. The lowest BCUT2D eigenvalue weighted by Gasteiger charge is -2.08. The van der Waals surface area contributed by atoms with E-state index in [-0.39, 0.29) is 0 Å². The van der Waals surface area contributed by atoms with Gasteiger partial charge in [-0.2, -0.15) is 11.3 Å². The fourth-order valence-electron chi connectivity index (χ4n) is 1.83. The van der Waals surface area contributed by atoms with Crippen molar-refractivity contribution in [1.82, 2.24) is 9.97 Å². The summed E-state index contributed by atoms with van der Waals surface area (Å²) in [4.78, 5) is 9.16. The van der Waals surface area contributed by atoms with Gasteiger partial charge in [-0.3, -0.25) is 0 Å². The number of anilines is 1. The summed E-state index contributed by atoms with van der Waals surface area (Å²) in [5.41, 5.74) is 4.07. The van der Waals surface area contributed by atoms with Gasteiger partial charge in [0.15, 0.2) is 0 Å². The Morgan fingerprint density at radius 1 is 1.11 bits per heavy atom. The molecule has 0 amide bonds. The molecule has 2 aromatic heterocycles. The second-order valence-electron chi connectivity index (χ2n) is 4.13. The molecule has 1 aromatic carbocycles. The van der Waals surface area contributed by atoms with Crippen molar-refractivity contribution < 1.29 is 0 Å². The van der Waals surface area contributed by atoms with Crippen LogP contribution in [0.4, 0.5) is 5.82 Å². The lowest BCUT2D eigenvalue weighted by Crippen LogP contribution is -2.04. The number of nitrogens with one attached hydrogen (secondary N) is 1. The number of nitrogens with zero attached hydrogens (tertiary/aromatic N) is 2. The van der Waals surface area contributed by atoms with Gasteiger partial charge < -0.3 is 5.32 Å². The van der Waals surface area contributed by atoms with E-state index in [9.17, 15) is 0 Å². The lowest BCUT2D eigenvalue weighted by atomic mass is 10.3. The number of hydrogen-bond donors (Lipinski definition) is 1. The van der Waals surface area contributed by atoms with E-state index in [2.05, 4.69) is 32.1 Å². The molecule has 0 fully saturated rings. The molecule has 0 spiro atoms. The van der Waals surface area contributed by atoms with E-state index in [1.54, 1.807) is 11.3 Å². The van der Waals surface area contributed by atoms with Crippen LogP contribution in [-0.4, -0.2) is 9.97 Å². The largest absolute Gasteiger partial charge is 0.364 e. The summed E-state index contributed by atoms with van der Waals surface area (Å²) >= 11 is 1.71. The van der Waals surface area contributed by atoms with Gasteiger partial charge in [0.05, 0.1) is 16.7 Å². The molecule has 18 heavy (non-hydrogen) atoms. The first-order chi connectivity index (χ1) is 8.83. The van der Waals surface area contributed by atoms with Crippen LogP contribution in [0.3, 0.4) is 0 Å². The summed E-state index contributed by atoms with van der Waals surface area (Å²) < 4.78 is 0. The maximum absolute atomic E-state index is 4.60. The maximum Gasteiger partial charge on any atom is 0.148 e. The van der Waals surface area contributed by atoms with E-state index in [0.717, 1.165) is 29.1 Å². The SMILES string of the molecule is Cc1nc2ccccc2nc1NCc1ccsc1. The van der Waals surface area contributed by atoms with Crippen molar-refractivity contribution in [3.8, 4) is 0 Å². The zero-order valence-corrected chi connectivity index (χ0v) is 10.9. The van der Waals surface area contributed by atoms with Gasteiger partial charge in [0.25, 0.3) is 0 Å². The van der Waals surface area contributed by atoms with E-state index >= 15 is 0 Å². The number of benzene rings is 1. The molecule has 3 nitrogen and oxygen atoms in total. The molecule has 90 valence electrons. The summed E-state index contributed by atoms with van der Waals surface area (Å²) in [6.45, 7) is 2.77. The van der Waals surface area contributed by atoms with Crippen LogP contribution in [0, 0.1) is 6.92 Å². The van der Waals surface area contributed by atoms with Crippen molar-refractivity contribution in [2.24, 2.45) is 0 Å². The van der Waals surface area contributed by atoms with Gasteiger partial charge in [-0.1, -0.05) is 12.1 Å². The molecule has 0 atom stereocenters. The number of rotatable bonds is 3. The summed E-state index contributed by atoms with van der Waals surface area (Å²) in [5.74, 6) is 0.861. The molecule has 0 unspecified atom stereocenters. The smallest absolute Gasteiger partial charge is 0.148 e. The van der Waals surface area contributed by atoms with Crippen molar-refractivity contribution in [2.75, 3.05) is 5.32 Å². The molecule has 0 radical (unpaired) electrons. The minimum Gasteiger partial charge on any atom is -0.364 e. The second-order valence-corrected chi connectivity index (χ2v) is 4.91. The normalized spacial score (nSPS) is 10.7. The molecule has 0 aliphatic rings. The highest BCUT2D eigenvalue weighted by Crippen LogP contribution is 2.17. The quantitative estimate of drug-likeness (QED) is 0.777. The molecule has 0 bridgehead atoms. The summed E-state index contributed by atoms with van der Waals surface area (Å²) in [7, 11) is 0. The minimum atomic E-state index is 0.789. The molecule has 2 heterocycles. The number of hydrogen-bond acceptors (Lipinski definition) is 4. The van der Waals surface area contributed by atoms with E-state index in [1.807, 2.05) is 31.2 Å². The van der Waals surface area contributed by atoms with Crippen LogP contribution in [0.1, 0.15) is 11.3 Å². The van der Waals surface area contributed by atoms with Crippen LogP contribution in [0.5, 0.6) is 0 Å². The molecular formula is C14H13N3S. The number of para-hydroxylation sites is 2. The topological polar surface area (TPSA) is 37.8 Å². The molecular weight excluding hydrogens is 242 g/mol. The Labute approximate surface area is 110 Å². The monoisotopic (exact) mass is 255 g/mol. The molecule has 4 heteroatoms. The van der Waals surface area contributed by atoms with Crippen molar-refractivity contribution in [1.29, 1.82) is 0 Å². The standard InChI is InChI=1S/C14H13N3S/c1-10-14(15-8-11-6-7-18-9-11)17-13-5-3-2-4-12(13)16-10/h2-7,9H,8H2,1H3,(H,15,17). The van der Waals surface area contributed by atoms with E-state index in [1.165, 1.54) is 5.56 Å². The number of aryl methyl sites for hydroxylation is 1. The average Bonchev–Trinajstić information content (AvgIpc) is 2.89. The maximum atomic E-state index is 4.60. The Morgan fingerprint density at radius 2 is 1.89 bits per heavy atom. The second kappa shape index (κ2) is 4.74. The van der Waals surface area contributed by atoms with E-state index in [0.29, 0.717) is 0 Å². The van der Waals surface area contributed by atoms with Crippen molar-refractivity contribution in [2.45, 2.75) is 13.5 Å². The molecule has 3 rings (SSSR count). The fraction of sp³-hybridized carbons (Fsp3) is 0.143. The molecule has 0 aliphatic carbocycles. The molecule has 0 saturated heterocycles. The van der Waals surface area contributed by atoms with Gasteiger partial charge in [-0.25, -0.2) is 9.97 Å². The summed E-state index contributed by atoms with van der Waals surface area (Å²) in [6.07, 6.45) is 0. The van der Waals surface area contributed by atoms with Crippen LogP contribution in [0.2, 0.25) is 0 Å². The number of aromatic nitrogens is 2. The van der Waals surface area contributed by atoms with Gasteiger partial charge in [-0.15, -0.1) is 0 Å². The van der Waals surface area contributed by atoms with E-state index < -0.39 is 0 Å². The van der Waals surface area contributed by atoms with Gasteiger partial charge >= 0.3 is 0 Å². The molecule has 0 saturated carbocycles. The Bertz CT molecular complexity index is 662. The van der Waals surface area contributed by atoms with Gasteiger partial charge in [0.2, 0.25) is 0 Å². The van der Waals surface area contributed by atoms with Crippen molar-refractivity contribution in [3.05, 3.63) is 52.3 Å². The van der Waals surface area contributed by atoms with Gasteiger partial charge in [0, 0.05) is 6.54 Å². The van der Waals surface area contributed by atoms with Crippen LogP contribution < -0.4 is 5.32 Å². The predicted octanol–water partition coefficient (Wildman–Crippen LogP) is 3.61. The number of thiophene rings is 1. The first-order valence-corrected chi connectivity index (χ1v) is 6.75. The first kappa shape index (κ1) is 11.2. The average molecular weight is 255 g/mol. The third kappa shape index (κ3) is 2.19. The Kier molecular flexibility index (Phi) is 2.94. The molecule has 1 N–H and O–H groups in total. The zero-order chi connectivity index (χ0) is 12.4. The van der Waals surface area contributed by atoms with Crippen LogP contribution in [0.25, 0.3) is 11.0 Å². The highest BCUT2D eigenvalue weighted by Gasteiger charge is 2.04. The predicted molar refractivity (Wildman–Crippen MR) is 75.9 cm³/mol. The van der Waals surface area contributed by atoms with Crippen LogP contribution >= 0.6 is 11.3 Å². The minimum absolute atomic E-state index is 0.789. The molecule has 0 aliphatic heterocycles. The lowest BCUT2D eigenvalue weighted by molar-refractivity contribution is 1.09. The highest BCUT2D eigenvalue weighted by molar-refractivity contribution is 7.07. The third-order valence-corrected chi connectivity index (χ3v) is 3.52. The third-order valence-electron chi connectivity index (χ3n) is 2.78. The van der Waals surface area contributed by atoms with Crippen molar-refractivity contribution >= 4 is 28.2 Å². The Hall–Kier alpha value is -1.94. The van der Waals surface area contributed by atoms with Crippen LogP contribution in [-0.2, 0) is 6.54 Å². The highest BCUT2D eigenvalue weighted by atomic mass is 32.1. The summed E-state index contributed by atoms with van der Waals surface area (Å²) in [6, 6.07) is 10.0. The summed E-state index contributed by atoms with van der Waals surface area (Å²) in [5, 5.41) is 7.56. The Morgan fingerprint density at radius 3 is 2.61 bits per heavy atom. The Balaban J connectivity index is 1.89. The van der Waals surface area contributed by atoms with Crippen molar-refractivity contribution in [3.63, 3.8) is 0 Å². The van der Waals surface area contributed by atoms with Gasteiger partial charge in [0.1, 0.15) is 5.82 Å². The fourth-order valence-corrected chi connectivity index (χ4v) is 2.50. The van der Waals surface area contributed by atoms with E-state index in [4.69, 9.17) is 0 Å². The first-order valence-electron chi connectivity index (χ1n) is 5.81. The van der Waals surface area contributed by atoms with Gasteiger partial charge in [-0.05, 0) is 41.4 Å². The van der Waals surface area contributed by atoms with Crippen LogP contribution in [0.15, 0.2) is 41.1 Å². The molecule has 3 aromatic rings. The zero-order valence-electron chi connectivity index (χ0n) is 10.1.